The standard InChI is InChI=1S/C36H44N2O13S3.CH4.2O3S/c1-6-19-51-34(41)25-13-10-14-27-31(25)35(2,3)29(37(27)17-11-20-52(42,43)44)15-8-7-9-16-30-36(4,5)32-26(33(39)40)22-24(54(48,49)50)23-28(32)38(30)18-12-21-53(45,46)47;;2*1-4(2)3/h7-10,13-16,22-23H,6,11-12,17-21H2,1-5H3,(H3-,39,40,42,43,44,45,46,47,48,49,50);1H4;;. The van der Waals surface area contributed by atoms with Crippen LogP contribution in [-0.2, 0) is 67.1 Å². The van der Waals surface area contributed by atoms with Crippen molar-refractivity contribution >= 4 is 80.6 Å². The number of carboxylic acid groups (broad SMARTS) is 1. The molecule has 2 aromatic rings. The molecule has 0 atom stereocenters. The molecule has 21 nitrogen and oxygen atoms in total. The van der Waals surface area contributed by atoms with Crippen LogP contribution in [-0.4, -0.2) is 123 Å². The lowest BCUT2D eigenvalue weighted by Gasteiger charge is -2.27. The van der Waals surface area contributed by atoms with E-state index in [1.165, 1.54) is 0 Å². The maximum Gasteiger partial charge on any atom is 0.425 e. The molecule has 350 valence electrons. The van der Waals surface area contributed by atoms with E-state index in [0.29, 0.717) is 34.6 Å². The zero-order valence-corrected chi connectivity index (χ0v) is 37.8. The van der Waals surface area contributed by atoms with Gasteiger partial charge in [0.1, 0.15) is 6.54 Å². The molecule has 63 heavy (non-hydrogen) atoms. The summed E-state index contributed by atoms with van der Waals surface area (Å²) in [6.45, 7) is 9.41. The fraction of sp³-hybridized carbons (Fsp3) is 0.432. The monoisotopic (exact) mass is 984 g/mol. The first-order valence-electron chi connectivity index (χ1n) is 18.0. The van der Waals surface area contributed by atoms with Gasteiger partial charge in [-0.25, -0.2) is 18.0 Å². The van der Waals surface area contributed by atoms with Crippen molar-refractivity contribution in [1.29, 1.82) is 0 Å². The molecule has 0 radical (unpaired) electrons. The van der Waals surface area contributed by atoms with E-state index >= 15 is 0 Å². The van der Waals surface area contributed by atoms with Crippen molar-refractivity contribution in [3.63, 3.8) is 0 Å². The molecular formula is C37H48N2O19S5. The average Bonchev–Trinajstić information content (AvgIpc) is 3.46. The van der Waals surface area contributed by atoms with Crippen LogP contribution in [0.4, 0.5) is 11.4 Å². The number of hydrogen-bond acceptors (Lipinski definition) is 17. The van der Waals surface area contributed by atoms with Gasteiger partial charge in [0.15, 0.2) is 5.71 Å². The van der Waals surface area contributed by atoms with Gasteiger partial charge < -0.3 is 19.3 Å². The highest BCUT2D eigenvalue weighted by molar-refractivity contribution is 7.86. The lowest BCUT2D eigenvalue weighted by atomic mass is 9.79. The van der Waals surface area contributed by atoms with E-state index in [9.17, 15) is 53.6 Å². The number of carbonyl (C=O) groups excluding carboxylic acids is 1. The van der Waals surface area contributed by atoms with E-state index in [1.807, 2.05) is 25.3 Å². The Morgan fingerprint density at radius 1 is 0.841 bits per heavy atom. The first-order chi connectivity index (χ1) is 28.4. The van der Waals surface area contributed by atoms with Gasteiger partial charge in [-0.2, -0.15) is 21.4 Å². The Kier molecular flexibility index (Phi) is 20.1. The van der Waals surface area contributed by atoms with Crippen LogP contribution in [0.1, 0.15) is 93.2 Å². The van der Waals surface area contributed by atoms with E-state index in [1.54, 1.807) is 67.3 Å². The number of benzene rings is 2. The number of allylic oxidation sites excluding steroid dienone is 6. The number of nitrogens with zero attached hydrogens (tertiary/aromatic N) is 2. The minimum atomic E-state index is -4.84. The van der Waals surface area contributed by atoms with Crippen molar-refractivity contribution in [2.45, 2.75) is 77.0 Å². The number of esters is 1. The van der Waals surface area contributed by atoms with Crippen LogP contribution in [0, 0.1) is 0 Å². The zero-order chi connectivity index (χ0) is 47.6. The maximum atomic E-state index is 13.1. The summed E-state index contributed by atoms with van der Waals surface area (Å²) >= 11 is 0. The van der Waals surface area contributed by atoms with E-state index in [-0.39, 0.29) is 56.8 Å². The smallest absolute Gasteiger partial charge is 0.425 e. The van der Waals surface area contributed by atoms with E-state index in [4.69, 9.17) is 30.0 Å². The topological polar surface area (TPSA) is 338 Å². The molecule has 2 heterocycles. The Bertz CT molecular complexity index is 2730. The predicted octanol–water partition coefficient (Wildman–Crippen LogP) is 3.21. The molecule has 3 N–H and O–H groups in total. The van der Waals surface area contributed by atoms with Crippen LogP contribution >= 0.6 is 0 Å². The third kappa shape index (κ3) is 15.7. The Labute approximate surface area is 368 Å². The summed E-state index contributed by atoms with van der Waals surface area (Å²) in [7, 11) is -19.9. The third-order valence-corrected chi connectivity index (χ3v) is 11.7. The normalized spacial score (nSPS) is 15.7. The van der Waals surface area contributed by atoms with Gasteiger partial charge in [0.25, 0.3) is 20.2 Å². The van der Waals surface area contributed by atoms with Crippen molar-refractivity contribution in [3.8, 4) is 0 Å². The minimum absolute atomic E-state index is 0. The molecule has 2 aromatic carbocycles. The first kappa shape index (κ1) is 56.1. The molecule has 0 aliphatic carbocycles. The van der Waals surface area contributed by atoms with E-state index in [0.717, 1.165) is 12.1 Å². The van der Waals surface area contributed by atoms with Gasteiger partial charge in [-0.05, 0) is 51.0 Å². The van der Waals surface area contributed by atoms with Crippen molar-refractivity contribution in [1.82, 2.24) is 0 Å². The fourth-order valence-corrected chi connectivity index (χ4v) is 8.59. The number of carbonyl (C=O) groups is 2. The summed E-state index contributed by atoms with van der Waals surface area (Å²) in [5.41, 5.74) is 0.965. The average molecular weight is 985 g/mol. The van der Waals surface area contributed by atoms with Crippen LogP contribution in [0.2, 0.25) is 0 Å². The highest BCUT2D eigenvalue weighted by Gasteiger charge is 2.47. The Morgan fingerprint density at radius 2 is 1.43 bits per heavy atom. The van der Waals surface area contributed by atoms with Gasteiger partial charge in [-0.1, -0.05) is 52.5 Å². The van der Waals surface area contributed by atoms with Gasteiger partial charge >= 0.3 is 33.2 Å². The Morgan fingerprint density at radius 3 is 1.94 bits per heavy atom. The summed E-state index contributed by atoms with van der Waals surface area (Å²) in [6.07, 6.45) is 8.95. The number of rotatable bonds is 16. The van der Waals surface area contributed by atoms with Crippen LogP contribution < -0.4 is 4.90 Å². The molecule has 2 aliphatic rings. The molecule has 26 heteroatoms. The SMILES string of the molecule is C.CCCOC(=O)c1cccc2c1C(C)(C)C(/C=C/C=C/C=C1/N(CCCS(=O)(=O)O)c3cc(S(=O)(=O)O)cc(C(=O)O)c3C1(C)C)=[N+]2CCCS(=O)(=O)[O-].O=S(=O)=O.O=S(=O)=O. The van der Waals surface area contributed by atoms with Crippen LogP contribution in [0.15, 0.2) is 71.3 Å². The van der Waals surface area contributed by atoms with Crippen LogP contribution in [0.3, 0.4) is 0 Å². The minimum Gasteiger partial charge on any atom is -0.748 e. The van der Waals surface area contributed by atoms with Crippen LogP contribution in [0.25, 0.3) is 0 Å². The van der Waals surface area contributed by atoms with Crippen molar-refractivity contribution in [2.75, 3.05) is 36.1 Å². The van der Waals surface area contributed by atoms with Gasteiger partial charge in [0.2, 0.25) is 5.69 Å². The molecule has 0 fully saturated rings. The largest absolute Gasteiger partial charge is 0.748 e. The van der Waals surface area contributed by atoms with E-state index in [2.05, 4.69) is 0 Å². The number of carboxylic acids is 1. The van der Waals surface area contributed by atoms with Gasteiger partial charge in [0, 0.05) is 53.2 Å². The van der Waals surface area contributed by atoms with Gasteiger partial charge in [-0.3, -0.25) is 9.11 Å². The van der Waals surface area contributed by atoms with E-state index < -0.39 is 90.7 Å². The molecule has 0 unspecified atom stereocenters. The number of hydrogen-bond donors (Lipinski definition) is 3. The molecule has 0 aromatic heterocycles. The Hall–Kier alpha value is -4.96. The number of aromatic carboxylic acids is 1. The quantitative estimate of drug-likeness (QED) is 0.0940. The maximum absolute atomic E-state index is 13.1. The second-order valence-corrected chi connectivity index (χ2v) is 19.7. The molecule has 4 rings (SSSR count). The van der Waals surface area contributed by atoms with Crippen molar-refractivity contribution in [3.05, 3.63) is 88.7 Å². The molecule has 2 aliphatic heterocycles. The molecular weight excluding hydrogens is 937 g/mol. The molecule has 0 saturated heterocycles. The summed E-state index contributed by atoms with van der Waals surface area (Å²) in [5.74, 6) is -3.16. The number of anilines is 1. The second kappa shape index (κ2) is 22.6. The fourth-order valence-electron chi connectivity index (χ4n) is 7.08. The van der Waals surface area contributed by atoms with Crippen molar-refractivity contribution in [2.24, 2.45) is 0 Å². The molecule has 0 amide bonds. The summed E-state index contributed by atoms with van der Waals surface area (Å²) in [4.78, 5) is 26.4. The van der Waals surface area contributed by atoms with Crippen LogP contribution in [0.5, 0.6) is 0 Å². The Balaban J connectivity index is 0.00000203. The number of ether oxygens (including phenoxy) is 1. The lowest BCUT2D eigenvalue weighted by Crippen LogP contribution is -2.29. The van der Waals surface area contributed by atoms with Gasteiger partial charge in [-0.15, -0.1) is 25.3 Å². The van der Waals surface area contributed by atoms with Crippen molar-refractivity contribution < 1.29 is 88.2 Å². The first-order valence-corrected chi connectivity index (χ1v) is 24.6. The summed E-state index contributed by atoms with van der Waals surface area (Å²) in [6, 6.07) is 7.14. The number of fused-ring (bicyclic) bond motifs is 2. The highest BCUT2D eigenvalue weighted by atomic mass is 32.2. The molecule has 0 saturated carbocycles. The molecule has 0 spiro atoms. The molecule has 0 bridgehead atoms. The predicted molar refractivity (Wildman–Crippen MR) is 226 cm³/mol. The second-order valence-electron chi connectivity index (χ2n) is 14.4. The zero-order valence-electron chi connectivity index (χ0n) is 33.7. The lowest BCUT2D eigenvalue weighted by molar-refractivity contribution is -0.437. The third-order valence-electron chi connectivity index (χ3n) is 9.30. The summed E-state index contributed by atoms with van der Waals surface area (Å²) < 4.78 is 159. The van der Waals surface area contributed by atoms with Gasteiger partial charge in [0.05, 0.1) is 49.5 Å². The highest BCUT2D eigenvalue weighted by Crippen LogP contribution is 2.50. The summed E-state index contributed by atoms with van der Waals surface area (Å²) in [5, 5.41) is 10.1.